The van der Waals surface area contributed by atoms with Gasteiger partial charge in [-0.3, -0.25) is 9.79 Å². The van der Waals surface area contributed by atoms with E-state index in [2.05, 4.69) is 49.8 Å². The van der Waals surface area contributed by atoms with Crippen LogP contribution in [0.25, 0.3) is 5.57 Å². The summed E-state index contributed by atoms with van der Waals surface area (Å²) in [6.07, 6.45) is 4.72. The van der Waals surface area contributed by atoms with Gasteiger partial charge in [-0.1, -0.05) is 44.2 Å². The molecule has 0 radical (unpaired) electrons. The smallest absolute Gasteiger partial charge is 0.178 e. The summed E-state index contributed by atoms with van der Waals surface area (Å²) >= 11 is 0. The van der Waals surface area contributed by atoms with E-state index in [4.69, 9.17) is 0 Å². The Morgan fingerprint density at radius 1 is 1.20 bits per heavy atom. The van der Waals surface area contributed by atoms with Gasteiger partial charge in [0.05, 0.1) is 0 Å². The number of hydrogen-bond acceptors (Lipinski definition) is 2. The quantitative estimate of drug-likeness (QED) is 0.426. The van der Waals surface area contributed by atoms with Crippen LogP contribution in [-0.4, -0.2) is 12.5 Å². The first kappa shape index (κ1) is 16.1. The van der Waals surface area contributed by atoms with E-state index >= 15 is 0 Å². The molecule has 106 valence electrons. The van der Waals surface area contributed by atoms with Crippen LogP contribution in [0, 0.1) is 5.92 Å². The summed E-state index contributed by atoms with van der Waals surface area (Å²) in [4.78, 5) is 15.0. The van der Waals surface area contributed by atoms with Crippen LogP contribution in [0.2, 0.25) is 0 Å². The minimum Gasteiger partial charge on any atom is -0.293 e. The predicted molar refractivity (Wildman–Crippen MR) is 86.9 cm³/mol. The Labute approximate surface area is 121 Å². The van der Waals surface area contributed by atoms with Crippen LogP contribution < -0.4 is 0 Å². The monoisotopic (exact) mass is 269 g/mol. The van der Waals surface area contributed by atoms with Crippen LogP contribution in [-0.2, 0) is 11.2 Å². The maximum atomic E-state index is 11.2. The number of nitrogens with zero attached hydrogens (tertiary/aromatic N) is 1. The average Bonchev–Trinajstić information content (AvgIpc) is 2.39. The maximum absolute atomic E-state index is 11.2. The van der Waals surface area contributed by atoms with Crippen molar-refractivity contribution in [1.82, 2.24) is 0 Å². The highest BCUT2D eigenvalue weighted by Gasteiger charge is 2.01. The van der Waals surface area contributed by atoms with Crippen LogP contribution in [0.1, 0.15) is 38.8 Å². The molecule has 0 bridgehead atoms. The molecule has 0 saturated carbocycles. The Morgan fingerprint density at radius 3 is 2.25 bits per heavy atom. The summed E-state index contributed by atoms with van der Waals surface area (Å²) in [6.45, 7) is 11.4. The Kier molecular flexibility index (Phi) is 6.10. The van der Waals surface area contributed by atoms with Gasteiger partial charge in [-0.05, 0) is 48.8 Å². The van der Waals surface area contributed by atoms with Crippen LogP contribution in [0.5, 0.6) is 0 Å². The molecule has 1 aromatic carbocycles. The molecule has 0 aromatic heterocycles. The maximum Gasteiger partial charge on any atom is 0.178 e. The number of ketones is 1. The zero-order valence-corrected chi connectivity index (χ0v) is 12.8. The second kappa shape index (κ2) is 7.59. The lowest BCUT2D eigenvalue weighted by molar-refractivity contribution is -0.113. The molecule has 0 amide bonds. The van der Waals surface area contributed by atoms with Gasteiger partial charge in [0.1, 0.15) is 5.70 Å². The molecule has 0 fully saturated rings. The molecule has 0 spiro atoms. The fraction of sp³-hybridized carbons (Fsp3) is 0.333. The number of carbonyl (C=O) groups excluding carboxylic acids is 1. The standard InChI is InChI=1S/C18H23NO/c1-13(2)12-16-7-9-17(10-8-16)14(3)6-11-18(19-5)15(4)20/h6-11,13H,5,12H2,1-4H3/b14-6+,18-11-. The van der Waals surface area contributed by atoms with E-state index in [0.29, 0.717) is 11.6 Å². The lowest BCUT2D eigenvalue weighted by atomic mass is 9.99. The minimum atomic E-state index is -0.0728. The summed E-state index contributed by atoms with van der Waals surface area (Å²) < 4.78 is 0. The third kappa shape index (κ3) is 4.96. The van der Waals surface area contributed by atoms with Gasteiger partial charge in [-0.2, -0.15) is 0 Å². The van der Waals surface area contributed by atoms with Crippen LogP contribution in [0.3, 0.4) is 0 Å². The highest BCUT2D eigenvalue weighted by atomic mass is 16.1. The number of hydrogen-bond donors (Lipinski definition) is 0. The van der Waals surface area contributed by atoms with Gasteiger partial charge in [-0.25, -0.2) is 0 Å². The average molecular weight is 269 g/mol. The fourth-order valence-electron chi connectivity index (χ4n) is 1.96. The molecule has 0 N–H and O–H groups in total. The van der Waals surface area contributed by atoms with E-state index in [1.54, 1.807) is 6.08 Å². The molecule has 0 unspecified atom stereocenters. The van der Waals surface area contributed by atoms with Gasteiger partial charge in [-0.15, -0.1) is 0 Å². The van der Waals surface area contributed by atoms with E-state index in [1.165, 1.54) is 12.5 Å². The highest BCUT2D eigenvalue weighted by molar-refractivity contribution is 5.94. The molecule has 2 nitrogen and oxygen atoms in total. The van der Waals surface area contributed by atoms with Crippen molar-refractivity contribution in [2.75, 3.05) is 0 Å². The molecule has 1 aromatic rings. The third-order valence-corrected chi connectivity index (χ3v) is 3.08. The number of allylic oxidation sites excluding steroid dienone is 4. The third-order valence-electron chi connectivity index (χ3n) is 3.08. The zero-order chi connectivity index (χ0) is 15.1. The van der Waals surface area contributed by atoms with Crippen molar-refractivity contribution >= 4 is 18.1 Å². The first-order valence-electron chi connectivity index (χ1n) is 6.89. The minimum absolute atomic E-state index is 0.0728. The molecule has 0 aliphatic heterocycles. The van der Waals surface area contributed by atoms with E-state index in [0.717, 1.165) is 17.6 Å². The Bertz CT molecular complexity index is 533. The van der Waals surface area contributed by atoms with E-state index < -0.39 is 0 Å². The summed E-state index contributed by atoms with van der Waals surface area (Å²) in [6, 6.07) is 8.56. The number of rotatable bonds is 6. The number of aliphatic imine (C=N–C) groups is 1. The molecule has 20 heavy (non-hydrogen) atoms. The van der Waals surface area contributed by atoms with Crippen molar-refractivity contribution in [2.45, 2.75) is 34.1 Å². The van der Waals surface area contributed by atoms with Crippen molar-refractivity contribution in [3.8, 4) is 0 Å². The van der Waals surface area contributed by atoms with Crippen molar-refractivity contribution in [3.05, 3.63) is 53.2 Å². The largest absolute Gasteiger partial charge is 0.293 e. The topological polar surface area (TPSA) is 29.4 Å². The molecule has 1 rings (SSSR count). The highest BCUT2D eigenvalue weighted by Crippen LogP contribution is 2.17. The molecular weight excluding hydrogens is 246 g/mol. The van der Waals surface area contributed by atoms with Crippen molar-refractivity contribution < 1.29 is 4.79 Å². The Hall–Kier alpha value is -1.96. The van der Waals surface area contributed by atoms with Gasteiger partial charge < -0.3 is 0 Å². The van der Waals surface area contributed by atoms with Crippen LogP contribution in [0.15, 0.2) is 47.1 Å². The molecule has 0 atom stereocenters. The molecule has 0 saturated heterocycles. The number of Topliss-reactive ketones (excluding diaryl/α,β-unsaturated/α-hetero) is 1. The first-order chi connectivity index (χ1) is 9.43. The number of benzene rings is 1. The number of carbonyl (C=O) groups is 1. The Morgan fingerprint density at radius 2 is 1.80 bits per heavy atom. The van der Waals surface area contributed by atoms with Gasteiger partial charge in [0.15, 0.2) is 5.78 Å². The van der Waals surface area contributed by atoms with E-state index in [9.17, 15) is 4.79 Å². The second-order valence-corrected chi connectivity index (χ2v) is 5.41. The zero-order valence-electron chi connectivity index (χ0n) is 12.8. The fourth-order valence-corrected chi connectivity index (χ4v) is 1.96. The second-order valence-electron chi connectivity index (χ2n) is 5.41. The van der Waals surface area contributed by atoms with Gasteiger partial charge >= 0.3 is 0 Å². The lowest BCUT2D eigenvalue weighted by Gasteiger charge is -2.06. The van der Waals surface area contributed by atoms with Crippen molar-refractivity contribution in [3.63, 3.8) is 0 Å². The molecule has 0 aliphatic carbocycles. The van der Waals surface area contributed by atoms with Gasteiger partial charge in [0, 0.05) is 6.92 Å². The van der Waals surface area contributed by atoms with Crippen LogP contribution in [0.4, 0.5) is 0 Å². The Balaban J connectivity index is 2.89. The summed E-state index contributed by atoms with van der Waals surface area (Å²) in [7, 11) is 0. The van der Waals surface area contributed by atoms with Crippen LogP contribution >= 0.6 is 0 Å². The van der Waals surface area contributed by atoms with E-state index in [1.807, 2.05) is 13.0 Å². The lowest BCUT2D eigenvalue weighted by Crippen LogP contribution is -1.94. The van der Waals surface area contributed by atoms with E-state index in [-0.39, 0.29) is 5.78 Å². The molecular formula is C18H23NO. The molecule has 2 heteroatoms. The van der Waals surface area contributed by atoms with Crippen molar-refractivity contribution in [2.24, 2.45) is 10.9 Å². The predicted octanol–water partition coefficient (Wildman–Crippen LogP) is 4.46. The normalized spacial score (nSPS) is 12.7. The van der Waals surface area contributed by atoms with Crippen molar-refractivity contribution in [1.29, 1.82) is 0 Å². The van der Waals surface area contributed by atoms with Gasteiger partial charge in [0.25, 0.3) is 0 Å². The molecule has 0 aliphatic rings. The summed E-state index contributed by atoms with van der Waals surface area (Å²) in [5.74, 6) is 0.591. The SMILES string of the molecule is C=N/C(=C\C=C(/C)c1ccc(CC(C)C)cc1)C(C)=O. The molecule has 0 heterocycles. The summed E-state index contributed by atoms with van der Waals surface area (Å²) in [5.41, 5.74) is 3.99. The summed E-state index contributed by atoms with van der Waals surface area (Å²) in [5, 5.41) is 0. The van der Waals surface area contributed by atoms with Gasteiger partial charge in [0.2, 0.25) is 0 Å². The first-order valence-corrected chi connectivity index (χ1v) is 6.89.